The highest BCUT2D eigenvalue weighted by Gasteiger charge is 2.24. The molecule has 0 unspecified atom stereocenters. The lowest BCUT2D eigenvalue weighted by Gasteiger charge is -2.34. The molecule has 0 atom stereocenters. The van der Waals surface area contributed by atoms with Gasteiger partial charge in [0.2, 0.25) is 5.82 Å². The zero-order valence-corrected chi connectivity index (χ0v) is 16.3. The van der Waals surface area contributed by atoms with Crippen molar-refractivity contribution in [1.29, 1.82) is 5.26 Å². The molecule has 0 saturated carbocycles. The van der Waals surface area contributed by atoms with Crippen LogP contribution in [0.5, 0.6) is 0 Å². The molecule has 3 heterocycles. The van der Waals surface area contributed by atoms with E-state index >= 15 is 0 Å². The molecule has 9 nitrogen and oxygen atoms in total. The molecular weight excluding hydrogens is 384 g/mol. The standard InChI is InChI=1S/C21H20N6O3/c22-15-16-3-1-4-17(13-16)20-14-18(24-30-20)6-8-25-9-11-26(12-10-25)21-19(27(28)29)5-2-7-23-21/h1-5,7,13-14H,6,8-12H2. The quantitative estimate of drug-likeness (QED) is 0.455. The summed E-state index contributed by atoms with van der Waals surface area (Å²) in [7, 11) is 0. The molecule has 1 saturated heterocycles. The summed E-state index contributed by atoms with van der Waals surface area (Å²) in [6.07, 6.45) is 2.33. The van der Waals surface area contributed by atoms with E-state index in [0.29, 0.717) is 30.2 Å². The molecule has 1 fully saturated rings. The van der Waals surface area contributed by atoms with Gasteiger partial charge in [-0.25, -0.2) is 4.98 Å². The molecule has 1 aliphatic heterocycles. The van der Waals surface area contributed by atoms with E-state index < -0.39 is 0 Å². The van der Waals surface area contributed by atoms with Gasteiger partial charge in [-0.3, -0.25) is 15.0 Å². The molecule has 0 spiro atoms. The number of nitriles is 1. The number of anilines is 1. The average Bonchev–Trinajstić information content (AvgIpc) is 3.27. The summed E-state index contributed by atoms with van der Waals surface area (Å²) in [5.74, 6) is 1.08. The first-order valence-corrected chi connectivity index (χ1v) is 9.67. The van der Waals surface area contributed by atoms with Gasteiger partial charge in [0, 0.05) is 63.0 Å². The van der Waals surface area contributed by atoms with Crippen LogP contribution in [0.2, 0.25) is 0 Å². The van der Waals surface area contributed by atoms with Crippen molar-refractivity contribution in [3.63, 3.8) is 0 Å². The summed E-state index contributed by atoms with van der Waals surface area (Å²) in [4.78, 5) is 19.3. The summed E-state index contributed by atoms with van der Waals surface area (Å²) in [5, 5.41) is 24.4. The minimum Gasteiger partial charge on any atom is -0.356 e. The van der Waals surface area contributed by atoms with E-state index in [2.05, 4.69) is 21.1 Å². The smallest absolute Gasteiger partial charge is 0.311 e. The van der Waals surface area contributed by atoms with Crippen molar-refractivity contribution in [1.82, 2.24) is 15.0 Å². The SMILES string of the molecule is N#Cc1cccc(-c2cc(CCN3CCN(c4ncccc4[N+](=O)[O-])CC3)no2)c1. The number of benzene rings is 1. The van der Waals surface area contributed by atoms with Gasteiger partial charge < -0.3 is 9.42 Å². The van der Waals surface area contributed by atoms with Crippen molar-refractivity contribution in [2.75, 3.05) is 37.6 Å². The van der Waals surface area contributed by atoms with Crippen LogP contribution in [0.25, 0.3) is 11.3 Å². The number of rotatable bonds is 6. The van der Waals surface area contributed by atoms with Crippen molar-refractivity contribution in [2.45, 2.75) is 6.42 Å². The zero-order chi connectivity index (χ0) is 20.9. The van der Waals surface area contributed by atoms with Crippen molar-refractivity contribution < 1.29 is 9.45 Å². The molecule has 3 aromatic rings. The highest BCUT2D eigenvalue weighted by Crippen LogP contribution is 2.26. The number of nitro groups is 1. The topological polar surface area (TPSA) is 112 Å². The summed E-state index contributed by atoms with van der Waals surface area (Å²) in [6, 6.07) is 14.3. The van der Waals surface area contributed by atoms with Crippen LogP contribution in [0.15, 0.2) is 53.2 Å². The second-order valence-electron chi connectivity index (χ2n) is 7.06. The van der Waals surface area contributed by atoms with E-state index in [9.17, 15) is 10.1 Å². The molecule has 0 bridgehead atoms. The molecule has 4 rings (SSSR count). The van der Waals surface area contributed by atoms with Crippen LogP contribution in [0, 0.1) is 21.4 Å². The third-order valence-corrected chi connectivity index (χ3v) is 5.15. The normalized spacial score (nSPS) is 14.4. The van der Waals surface area contributed by atoms with Gasteiger partial charge in [-0.2, -0.15) is 5.26 Å². The Bertz CT molecular complexity index is 1080. The molecule has 2 aromatic heterocycles. The maximum absolute atomic E-state index is 11.2. The van der Waals surface area contributed by atoms with Crippen LogP contribution in [0.3, 0.4) is 0 Å². The first-order valence-electron chi connectivity index (χ1n) is 9.67. The fourth-order valence-corrected chi connectivity index (χ4v) is 3.54. The molecule has 0 amide bonds. The Morgan fingerprint density at radius 2 is 2.00 bits per heavy atom. The number of nitrogens with zero attached hydrogens (tertiary/aromatic N) is 6. The summed E-state index contributed by atoms with van der Waals surface area (Å²) < 4.78 is 5.44. The number of hydrogen-bond donors (Lipinski definition) is 0. The molecule has 0 aliphatic carbocycles. The number of piperazine rings is 1. The van der Waals surface area contributed by atoms with E-state index in [1.165, 1.54) is 6.07 Å². The van der Waals surface area contributed by atoms with Crippen LogP contribution >= 0.6 is 0 Å². The van der Waals surface area contributed by atoms with Crippen molar-refractivity contribution >= 4 is 11.5 Å². The van der Waals surface area contributed by atoms with E-state index in [4.69, 9.17) is 9.78 Å². The number of aromatic nitrogens is 2. The molecule has 0 radical (unpaired) electrons. The second kappa shape index (κ2) is 8.71. The molecule has 152 valence electrons. The molecule has 1 aliphatic rings. The lowest BCUT2D eigenvalue weighted by molar-refractivity contribution is -0.384. The van der Waals surface area contributed by atoms with Crippen molar-refractivity contribution in [3.8, 4) is 17.4 Å². The maximum Gasteiger partial charge on any atom is 0.311 e. The van der Waals surface area contributed by atoms with E-state index in [-0.39, 0.29) is 10.6 Å². The minimum atomic E-state index is -0.386. The Morgan fingerprint density at radius 3 is 2.77 bits per heavy atom. The minimum absolute atomic E-state index is 0.0431. The zero-order valence-electron chi connectivity index (χ0n) is 16.3. The first kappa shape index (κ1) is 19.5. The van der Waals surface area contributed by atoms with Crippen LogP contribution in [-0.4, -0.2) is 52.7 Å². The van der Waals surface area contributed by atoms with E-state index in [0.717, 1.165) is 37.3 Å². The Balaban J connectivity index is 1.32. The summed E-state index contributed by atoms with van der Waals surface area (Å²) >= 11 is 0. The number of hydrogen-bond acceptors (Lipinski definition) is 8. The summed E-state index contributed by atoms with van der Waals surface area (Å²) in [6.45, 7) is 3.78. The predicted molar refractivity (Wildman–Crippen MR) is 110 cm³/mol. The molecule has 30 heavy (non-hydrogen) atoms. The highest BCUT2D eigenvalue weighted by molar-refractivity contribution is 5.60. The third kappa shape index (κ3) is 4.29. The van der Waals surface area contributed by atoms with Crippen LogP contribution in [0.1, 0.15) is 11.3 Å². The lowest BCUT2D eigenvalue weighted by Crippen LogP contribution is -2.47. The van der Waals surface area contributed by atoms with Crippen LogP contribution in [-0.2, 0) is 6.42 Å². The van der Waals surface area contributed by atoms with Gasteiger partial charge in [0.1, 0.15) is 0 Å². The number of pyridine rings is 1. The third-order valence-electron chi connectivity index (χ3n) is 5.15. The Morgan fingerprint density at radius 1 is 1.17 bits per heavy atom. The molecular formula is C21H20N6O3. The van der Waals surface area contributed by atoms with Crippen molar-refractivity contribution in [2.24, 2.45) is 0 Å². The van der Waals surface area contributed by atoms with Gasteiger partial charge in [-0.1, -0.05) is 17.3 Å². The first-order chi connectivity index (χ1) is 14.6. The van der Waals surface area contributed by atoms with Gasteiger partial charge in [-0.05, 0) is 18.2 Å². The highest BCUT2D eigenvalue weighted by atomic mass is 16.6. The Labute approximate surface area is 173 Å². The molecule has 0 N–H and O–H groups in total. The van der Waals surface area contributed by atoms with Gasteiger partial charge in [0.05, 0.1) is 22.2 Å². The van der Waals surface area contributed by atoms with Gasteiger partial charge in [0.25, 0.3) is 0 Å². The molecule has 9 heteroatoms. The fraction of sp³-hybridized carbons (Fsp3) is 0.286. The van der Waals surface area contributed by atoms with Gasteiger partial charge >= 0.3 is 5.69 Å². The molecule has 1 aromatic carbocycles. The average molecular weight is 404 g/mol. The monoisotopic (exact) mass is 404 g/mol. The van der Waals surface area contributed by atoms with Gasteiger partial charge in [0.15, 0.2) is 5.76 Å². The van der Waals surface area contributed by atoms with Crippen molar-refractivity contribution in [3.05, 3.63) is 70.0 Å². The Kier molecular flexibility index (Phi) is 5.68. The predicted octanol–water partition coefficient (Wildman–Crippen LogP) is 2.88. The van der Waals surface area contributed by atoms with Crippen LogP contribution in [0.4, 0.5) is 11.5 Å². The van der Waals surface area contributed by atoms with E-state index in [1.54, 1.807) is 24.4 Å². The fourth-order valence-electron chi connectivity index (χ4n) is 3.54. The van der Waals surface area contributed by atoms with Gasteiger partial charge in [-0.15, -0.1) is 0 Å². The second-order valence-corrected chi connectivity index (χ2v) is 7.06. The van der Waals surface area contributed by atoms with Crippen LogP contribution < -0.4 is 4.90 Å². The maximum atomic E-state index is 11.2. The Hall–Kier alpha value is -3.77. The summed E-state index contributed by atoms with van der Waals surface area (Å²) in [5.41, 5.74) is 2.31. The largest absolute Gasteiger partial charge is 0.356 e. The lowest BCUT2D eigenvalue weighted by atomic mass is 10.1. The van der Waals surface area contributed by atoms with E-state index in [1.807, 2.05) is 23.1 Å².